The Balaban J connectivity index is 2.18. The molecule has 1 aliphatic heterocycles. The molecule has 0 saturated carbocycles. The summed E-state index contributed by atoms with van der Waals surface area (Å²) in [5, 5.41) is 20.7. The van der Waals surface area contributed by atoms with Crippen molar-refractivity contribution in [2.45, 2.75) is 82.7 Å². The molecular weight excluding hydrogens is 542 g/mol. The van der Waals surface area contributed by atoms with Crippen LogP contribution in [0.3, 0.4) is 0 Å². The molecule has 3 unspecified atom stereocenters. The number of hydrogen-bond acceptors (Lipinski definition) is 3. The highest BCUT2D eigenvalue weighted by molar-refractivity contribution is 6.30. The lowest BCUT2D eigenvalue weighted by molar-refractivity contribution is -0.256. The van der Waals surface area contributed by atoms with Crippen molar-refractivity contribution in [3.63, 3.8) is 0 Å². The summed E-state index contributed by atoms with van der Waals surface area (Å²) in [5.41, 5.74) is -2.76. The smallest absolute Gasteiger partial charge is 0.416 e. The van der Waals surface area contributed by atoms with Gasteiger partial charge in [0.25, 0.3) is 0 Å². The fraction of sp³-hybridized carbons (Fsp3) is 0.500. The average molecular weight is 574 g/mol. The number of carboxylic acids is 1. The van der Waals surface area contributed by atoms with E-state index < -0.39 is 59.9 Å². The molecule has 1 saturated heterocycles. The van der Waals surface area contributed by atoms with Crippen LogP contribution in [-0.2, 0) is 9.59 Å². The van der Waals surface area contributed by atoms with Crippen molar-refractivity contribution in [2.24, 2.45) is 5.41 Å². The zero-order valence-corrected chi connectivity index (χ0v) is 22.9. The molecule has 1 amide bonds. The minimum atomic E-state index is -4.84. The van der Waals surface area contributed by atoms with Gasteiger partial charge in [0.05, 0.1) is 17.9 Å². The summed E-state index contributed by atoms with van der Waals surface area (Å²) in [5.74, 6) is -2.01. The molecule has 10 heteroatoms. The molecule has 0 bridgehead atoms. The van der Waals surface area contributed by atoms with Crippen molar-refractivity contribution in [2.75, 3.05) is 0 Å². The molecule has 208 valence electrons. The van der Waals surface area contributed by atoms with Crippen LogP contribution in [0.2, 0.25) is 10.0 Å². The average Bonchev–Trinajstić information content (AvgIpc) is 2.81. The zero-order chi connectivity index (χ0) is 28.5. The van der Waals surface area contributed by atoms with Crippen LogP contribution in [0.25, 0.3) is 0 Å². The highest BCUT2D eigenvalue weighted by Gasteiger charge is 2.54. The molecular formula is C28H32Cl2F3NO4. The number of piperidine rings is 1. The zero-order valence-electron chi connectivity index (χ0n) is 21.4. The summed E-state index contributed by atoms with van der Waals surface area (Å²) in [4.78, 5) is 27.5. The Labute approximate surface area is 230 Å². The Bertz CT molecular complexity index is 1160. The van der Waals surface area contributed by atoms with Crippen molar-refractivity contribution in [3.8, 4) is 0 Å². The van der Waals surface area contributed by atoms with Gasteiger partial charge in [-0.2, -0.15) is 13.2 Å². The van der Waals surface area contributed by atoms with Gasteiger partial charge < -0.3 is 15.1 Å². The van der Waals surface area contributed by atoms with Crippen LogP contribution in [0.15, 0.2) is 48.5 Å². The molecule has 2 aromatic rings. The summed E-state index contributed by atoms with van der Waals surface area (Å²) in [6.45, 7) is 4.07. The topological polar surface area (TPSA) is 77.8 Å². The third kappa shape index (κ3) is 6.46. The van der Waals surface area contributed by atoms with Gasteiger partial charge in [0, 0.05) is 22.0 Å². The number of halogens is 5. The van der Waals surface area contributed by atoms with Crippen molar-refractivity contribution < 1.29 is 33.0 Å². The van der Waals surface area contributed by atoms with Crippen molar-refractivity contribution in [1.82, 2.24) is 4.90 Å². The molecule has 2 N–H and O–H groups in total. The molecule has 38 heavy (non-hydrogen) atoms. The van der Waals surface area contributed by atoms with E-state index in [0.29, 0.717) is 22.0 Å². The van der Waals surface area contributed by atoms with Gasteiger partial charge in [-0.05, 0) is 68.0 Å². The van der Waals surface area contributed by atoms with Crippen LogP contribution in [0.4, 0.5) is 13.2 Å². The Kier molecular flexibility index (Phi) is 9.11. The van der Waals surface area contributed by atoms with Gasteiger partial charge in [0.15, 0.2) is 5.60 Å². The number of carbonyl (C=O) groups is 2. The number of hydrogen-bond donors (Lipinski definition) is 2. The summed E-state index contributed by atoms with van der Waals surface area (Å²) in [7, 11) is 0. The molecule has 0 radical (unpaired) electrons. The minimum Gasteiger partial charge on any atom is -0.481 e. The molecule has 0 aromatic heterocycles. The van der Waals surface area contributed by atoms with E-state index in [1.54, 1.807) is 61.2 Å². The number of benzene rings is 2. The molecule has 0 spiro atoms. The summed E-state index contributed by atoms with van der Waals surface area (Å²) in [6, 6.07) is 12.6. The first kappa shape index (κ1) is 30.3. The quantitative estimate of drug-likeness (QED) is 0.327. The molecule has 5 atom stereocenters. The number of rotatable bonds is 9. The maximum absolute atomic E-state index is 14.1. The van der Waals surface area contributed by atoms with Gasteiger partial charge in [0.1, 0.15) is 0 Å². The Morgan fingerprint density at radius 3 is 2.29 bits per heavy atom. The van der Waals surface area contributed by atoms with E-state index >= 15 is 0 Å². The maximum Gasteiger partial charge on any atom is 0.416 e. The van der Waals surface area contributed by atoms with Crippen LogP contribution in [0, 0.1) is 5.41 Å². The van der Waals surface area contributed by atoms with Crippen LogP contribution in [0.5, 0.6) is 0 Å². The van der Waals surface area contributed by atoms with E-state index in [0.717, 1.165) is 12.5 Å². The lowest BCUT2D eigenvalue weighted by Crippen LogP contribution is -2.56. The molecule has 1 aliphatic rings. The minimum absolute atomic E-state index is 0.135. The second-order valence-electron chi connectivity index (χ2n) is 10.6. The van der Waals surface area contributed by atoms with Crippen LogP contribution >= 0.6 is 23.2 Å². The first-order valence-corrected chi connectivity index (χ1v) is 13.2. The summed E-state index contributed by atoms with van der Waals surface area (Å²) in [6.07, 6.45) is -5.54. The first-order chi connectivity index (χ1) is 17.6. The van der Waals surface area contributed by atoms with E-state index in [-0.39, 0.29) is 12.8 Å². The molecule has 1 heterocycles. The Morgan fingerprint density at radius 2 is 1.76 bits per heavy atom. The fourth-order valence-electron chi connectivity index (χ4n) is 5.41. The number of nitrogens with zero attached hydrogens (tertiary/aromatic N) is 1. The van der Waals surface area contributed by atoms with Crippen LogP contribution in [-0.4, -0.2) is 44.8 Å². The molecule has 3 rings (SSSR count). The third-order valence-electron chi connectivity index (χ3n) is 7.57. The summed E-state index contributed by atoms with van der Waals surface area (Å²) < 4.78 is 40.4. The van der Waals surface area contributed by atoms with Gasteiger partial charge in [-0.25, -0.2) is 0 Å². The SMILES string of the molecule is CCC(CCC(C)(O)C(F)(F)F)N1C(=O)[C@@](C)(CC(=O)O)C[C@H](c2cccc(Cl)c2)C1c1ccc(Cl)cc1. The number of aliphatic carboxylic acids is 1. The fourth-order valence-corrected chi connectivity index (χ4v) is 5.73. The Morgan fingerprint density at radius 1 is 1.13 bits per heavy atom. The number of alkyl halides is 3. The monoisotopic (exact) mass is 573 g/mol. The molecule has 5 nitrogen and oxygen atoms in total. The van der Waals surface area contributed by atoms with Gasteiger partial charge in [-0.3, -0.25) is 9.59 Å². The van der Waals surface area contributed by atoms with E-state index in [4.69, 9.17) is 23.2 Å². The van der Waals surface area contributed by atoms with Crippen molar-refractivity contribution in [3.05, 3.63) is 69.7 Å². The lowest BCUT2D eigenvalue weighted by atomic mass is 9.66. The predicted octanol–water partition coefficient (Wildman–Crippen LogP) is 7.40. The maximum atomic E-state index is 14.1. The highest BCUT2D eigenvalue weighted by Crippen LogP contribution is 2.52. The predicted molar refractivity (Wildman–Crippen MR) is 140 cm³/mol. The number of carboxylic acid groups (broad SMARTS) is 1. The van der Waals surface area contributed by atoms with Gasteiger partial charge in [-0.1, -0.05) is 61.3 Å². The number of amides is 1. The van der Waals surface area contributed by atoms with Gasteiger partial charge in [0.2, 0.25) is 5.91 Å². The van der Waals surface area contributed by atoms with Crippen molar-refractivity contribution in [1.29, 1.82) is 0 Å². The molecule has 2 aromatic carbocycles. The highest BCUT2D eigenvalue weighted by atomic mass is 35.5. The van der Waals surface area contributed by atoms with E-state index in [9.17, 15) is 33.0 Å². The van der Waals surface area contributed by atoms with Gasteiger partial charge in [-0.15, -0.1) is 0 Å². The van der Waals surface area contributed by atoms with Gasteiger partial charge >= 0.3 is 12.1 Å². The normalized spacial score (nSPS) is 24.7. The Hall–Kier alpha value is -2.29. The number of carbonyl (C=O) groups excluding carboxylic acids is 1. The molecule has 1 fully saturated rings. The summed E-state index contributed by atoms with van der Waals surface area (Å²) >= 11 is 12.4. The first-order valence-electron chi connectivity index (χ1n) is 12.4. The number of aliphatic hydroxyl groups is 1. The lowest BCUT2D eigenvalue weighted by Gasteiger charge is -2.52. The standard InChI is InChI=1S/C28H32Cl2F3NO4/c1-4-21(12-13-27(3,38)28(31,32)33)34-24(17-8-10-19(29)11-9-17)22(18-6-5-7-20(30)14-18)15-26(2,25(34)37)16-23(35)36/h5-11,14,21-22,24,38H,4,12-13,15-16H2,1-3H3,(H,35,36)/t21?,22-,24?,26-,27?/m1/s1. The van der Waals surface area contributed by atoms with E-state index in [1.807, 2.05) is 6.07 Å². The van der Waals surface area contributed by atoms with Crippen molar-refractivity contribution >= 4 is 35.1 Å². The van der Waals surface area contributed by atoms with Crippen LogP contribution in [0.1, 0.15) is 76.0 Å². The third-order valence-corrected chi connectivity index (χ3v) is 8.06. The van der Waals surface area contributed by atoms with E-state index in [1.165, 1.54) is 0 Å². The largest absolute Gasteiger partial charge is 0.481 e. The second kappa shape index (κ2) is 11.4. The van der Waals surface area contributed by atoms with Crippen LogP contribution < -0.4 is 0 Å². The molecule has 0 aliphatic carbocycles. The number of likely N-dealkylation sites (tertiary alicyclic amines) is 1. The second-order valence-corrected chi connectivity index (χ2v) is 11.5. The van der Waals surface area contributed by atoms with E-state index in [2.05, 4.69) is 0 Å².